The van der Waals surface area contributed by atoms with Crippen molar-refractivity contribution in [1.82, 2.24) is 0 Å². The minimum absolute atomic E-state index is 0.465. The average molecular weight is 339 g/mol. The number of halogens is 1. The second kappa shape index (κ2) is 6.51. The van der Waals surface area contributed by atoms with Crippen LogP contribution in [0.4, 0.5) is 0 Å². The van der Waals surface area contributed by atoms with Crippen molar-refractivity contribution >= 4 is 15.9 Å². The molecule has 2 heteroatoms. The van der Waals surface area contributed by atoms with Crippen molar-refractivity contribution in [1.29, 1.82) is 0 Å². The number of hydrogen-bond donors (Lipinski definition) is 0. The molecule has 0 heterocycles. The van der Waals surface area contributed by atoms with E-state index in [2.05, 4.69) is 61.0 Å². The molecule has 0 saturated heterocycles. The molecule has 1 aliphatic rings. The van der Waals surface area contributed by atoms with Gasteiger partial charge in [0.1, 0.15) is 5.75 Å². The number of rotatable bonds is 3. The number of methoxy groups -OCH3 is 1. The Hall–Kier alpha value is -0.500. The molecule has 0 aromatic heterocycles. The molecule has 0 amide bonds. The van der Waals surface area contributed by atoms with Crippen LogP contribution in [-0.2, 0) is 0 Å². The SMILES string of the molecule is COc1ccc(C(Br)C2CCC(C(C)(C)C)CC2)cc1. The van der Waals surface area contributed by atoms with E-state index in [1.54, 1.807) is 7.11 Å². The summed E-state index contributed by atoms with van der Waals surface area (Å²) in [4.78, 5) is 0.481. The quantitative estimate of drug-likeness (QED) is 0.615. The summed E-state index contributed by atoms with van der Waals surface area (Å²) in [6, 6.07) is 8.50. The van der Waals surface area contributed by atoms with Gasteiger partial charge in [0.05, 0.1) is 7.11 Å². The van der Waals surface area contributed by atoms with Crippen LogP contribution in [0.1, 0.15) is 56.8 Å². The molecule has 1 nitrogen and oxygen atoms in total. The van der Waals surface area contributed by atoms with Crippen molar-refractivity contribution in [2.75, 3.05) is 7.11 Å². The average Bonchev–Trinajstić information content (AvgIpc) is 2.46. The van der Waals surface area contributed by atoms with Gasteiger partial charge in [0.25, 0.3) is 0 Å². The normalized spacial score (nSPS) is 25.2. The zero-order chi connectivity index (χ0) is 14.8. The van der Waals surface area contributed by atoms with E-state index >= 15 is 0 Å². The second-order valence-electron chi connectivity index (χ2n) is 7.15. The molecule has 0 N–H and O–H groups in total. The summed E-state index contributed by atoms with van der Waals surface area (Å²) >= 11 is 3.92. The number of ether oxygens (including phenoxy) is 1. The fourth-order valence-corrected chi connectivity index (χ4v) is 4.17. The maximum atomic E-state index is 5.23. The summed E-state index contributed by atoms with van der Waals surface area (Å²) in [5.41, 5.74) is 1.84. The Morgan fingerprint density at radius 2 is 1.60 bits per heavy atom. The molecule has 1 fully saturated rings. The topological polar surface area (TPSA) is 9.23 Å². The summed E-state index contributed by atoms with van der Waals surface area (Å²) in [7, 11) is 1.72. The molecule has 1 aromatic rings. The van der Waals surface area contributed by atoms with Crippen LogP contribution in [0.15, 0.2) is 24.3 Å². The lowest BCUT2D eigenvalue weighted by molar-refractivity contribution is 0.149. The van der Waals surface area contributed by atoms with Gasteiger partial charge >= 0.3 is 0 Å². The largest absolute Gasteiger partial charge is 0.497 e. The van der Waals surface area contributed by atoms with Crippen LogP contribution in [0, 0.1) is 17.3 Å². The second-order valence-corrected chi connectivity index (χ2v) is 8.14. The van der Waals surface area contributed by atoms with Crippen LogP contribution < -0.4 is 4.74 Å². The van der Waals surface area contributed by atoms with Gasteiger partial charge in [-0.15, -0.1) is 0 Å². The van der Waals surface area contributed by atoms with Gasteiger partial charge in [0.15, 0.2) is 0 Å². The highest BCUT2D eigenvalue weighted by atomic mass is 79.9. The van der Waals surface area contributed by atoms with Gasteiger partial charge in [-0.3, -0.25) is 0 Å². The highest BCUT2D eigenvalue weighted by Gasteiger charge is 2.32. The summed E-state index contributed by atoms with van der Waals surface area (Å²) in [6.07, 6.45) is 5.41. The molecule has 1 aliphatic carbocycles. The van der Waals surface area contributed by atoms with E-state index in [1.807, 2.05) is 0 Å². The molecule has 2 rings (SSSR count). The van der Waals surface area contributed by atoms with E-state index in [0.29, 0.717) is 10.2 Å². The van der Waals surface area contributed by atoms with Crippen molar-refractivity contribution in [2.24, 2.45) is 17.3 Å². The number of alkyl halides is 1. The summed E-state index contributed by atoms with van der Waals surface area (Å²) in [6.45, 7) is 7.15. The molecule has 1 saturated carbocycles. The molecule has 0 radical (unpaired) electrons. The Bertz CT molecular complexity index is 410. The fraction of sp³-hybridized carbons (Fsp3) is 0.667. The molecule has 1 atom stereocenters. The molecule has 112 valence electrons. The Morgan fingerprint density at radius 3 is 2.05 bits per heavy atom. The molecule has 0 spiro atoms. The molecule has 1 aromatic carbocycles. The van der Waals surface area contributed by atoms with Gasteiger partial charge in [-0.1, -0.05) is 48.8 Å². The predicted molar refractivity (Wildman–Crippen MR) is 89.6 cm³/mol. The smallest absolute Gasteiger partial charge is 0.118 e. The van der Waals surface area contributed by atoms with Crippen LogP contribution >= 0.6 is 15.9 Å². The number of benzene rings is 1. The van der Waals surface area contributed by atoms with Crippen LogP contribution in [0.2, 0.25) is 0 Å². The van der Waals surface area contributed by atoms with E-state index < -0.39 is 0 Å². The third-order valence-corrected chi connectivity index (χ3v) is 6.12. The fourth-order valence-electron chi connectivity index (χ4n) is 3.34. The molecule has 20 heavy (non-hydrogen) atoms. The van der Waals surface area contributed by atoms with Crippen molar-refractivity contribution in [2.45, 2.75) is 51.3 Å². The van der Waals surface area contributed by atoms with Gasteiger partial charge in [0, 0.05) is 4.83 Å². The maximum absolute atomic E-state index is 5.23. The first kappa shape index (κ1) is 15.9. The van der Waals surface area contributed by atoms with Gasteiger partial charge in [0.2, 0.25) is 0 Å². The molecule has 1 unspecified atom stereocenters. The lowest BCUT2D eigenvalue weighted by Gasteiger charge is -2.38. The van der Waals surface area contributed by atoms with Crippen molar-refractivity contribution in [3.05, 3.63) is 29.8 Å². The molecule has 0 bridgehead atoms. The standard InChI is InChI=1S/C18H27BrO/c1-18(2,3)15-9-5-13(6-10-15)17(19)14-7-11-16(20-4)12-8-14/h7-8,11-13,15,17H,5-6,9-10H2,1-4H3. The van der Waals surface area contributed by atoms with Crippen LogP contribution in [0.25, 0.3) is 0 Å². The first-order valence-electron chi connectivity index (χ1n) is 7.70. The first-order valence-corrected chi connectivity index (χ1v) is 8.61. The Kier molecular flexibility index (Phi) is 5.17. The molecule has 0 aliphatic heterocycles. The Labute approximate surface area is 132 Å². The van der Waals surface area contributed by atoms with Crippen molar-refractivity contribution < 1.29 is 4.74 Å². The third kappa shape index (κ3) is 3.78. The Balaban J connectivity index is 1.95. The van der Waals surface area contributed by atoms with Crippen LogP contribution in [0.5, 0.6) is 5.75 Å². The molecular weight excluding hydrogens is 312 g/mol. The number of hydrogen-bond acceptors (Lipinski definition) is 1. The third-order valence-electron chi connectivity index (χ3n) is 4.84. The maximum Gasteiger partial charge on any atom is 0.118 e. The molecular formula is C18H27BrO. The van der Waals surface area contributed by atoms with Gasteiger partial charge in [-0.05, 0) is 60.6 Å². The lowest BCUT2D eigenvalue weighted by Crippen LogP contribution is -2.27. The van der Waals surface area contributed by atoms with E-state index in [4.69, 9.17) is 4.74 Å². The van der Waals surface area contributed by atoms with E-state index in [0.717, 1.165) is 17.6 Å². The van der Waals surface area contributed by atoms with E-state index in [1.165, 1.54) is 31.2 Å². The summed E-state index contributed by atoms with van der Waals surface area (Å²) in [5, 5.41) is 0. The van der Waals surface area contributed by atoms with Crippen molar-refractivity contribution in [3.63, 3.8) is 0 Å². The highest BCUT2D eigenvalue weighted by Crippen LogP contribution is 2.46. The lowest BCUT2D eigenvalue weighted by atomic mass is 9.69. The monoisotopic (exact) mass is 338 g/mol. The van der Waals surface area contributed by atoms with Gasteiger partial charge in [-0.2, -0.15) is 0 Å². The van der Waals surface area contributed by atoms with Crippen LogP contribution in [0.3, 0.4) is 0 Å². The van der Waals surface area contributed by atoms with Crippen LogP contribution in [-0.4, -0.2) is 7.11 Å². The minimum Gasteiger partial charge on any atom is -0.497 e. The summed E-state index contributed by atoms with van der Waals surface area (Å²) in [5.74, 6) is 2.58. The van der Waals surface area contributed by atoms with E-state index in [9.17, 15) is 0 Å². The summed E-state index contributed by atoms with van der Waals surface area (Å²) < 4.78 is 5.23. The highest BCUT2D eigenvalue weighted by molar-refractivity contribution is 9.09. The van der Waals surface area contributed by atoms with Crippen molar-refractivity contribution in [3.8, 4) is 5.75 Å². The minimum atomic E-state index is 0.465. The van der Waals surface area contributed by atoms with E-state index in [-0.39, 0.29) is 0 Å². The van der Waals surface area contributed by atoms with Gasteiger partial charge < -0.3 is 4.74 Å². The van der Waals surface area contributed by atoms with Gasteiger partial charge in [-0.25, -0.2) is 0 Å². The Morgan fingerprint density at radius 1 is 1.05 bits per heavy atom. The zero-order valence-corrected chi connectivity index (χ0v) is 14.7. The predicted octanol–water partition coefficient (Wildman–Crippen LogP) is 5.98. The zero-order valence-electron chi connectivity index (χ0n) is 13.2. The first-order chi connectivity index (χ1) is 9.41.